The highest BCUT2D eigenvalue weighted by molar-refractivity contribution is 6.08. The van der Waals surface area contributed by atoms with Gasteiger partial charge in [0.25, 0.3) is 5.91 Å². The van der Waals surface area contributed by atoms with E-state index < -0.39 is 11.6 Å². The van der Waals surface area contributed by atoms with Crippen molar-refractivity contribution in [2.45, 2.75) is 0 Å². The van der Waals surface area contributed by atoms with Gasteiger partial charge in [0, 0.05) is 49.7 Å². The number of hydrogen-bond acceptors (Lipinski definition) is 4. The zero-order chi connectivity index (χ0) is 19.0. The van der Waals surface area contributed by atoms with E-state index >= 15 is 0 Å². The van der Waals surface area contributed by atoms with Crippen LogP contribution in [-0.2, 0) is 11.8 Å². The standard InChI is InChI=1S/C19H18F2N4O2/c1-24-3-2-15-17(24)16(19(26)25-4-6-27-7-5-25)11-22-18(15)23-14-9-12(20)8-13(21)10-14/h2-3,8-11H,4-7H2,1H3,(H,22,23). The lowest BCUT2D eigenvalue weighted by molar-refractivity contribution is 0.0303. The Kier molecular flexibility index (Phi) is 4.49. The van der Waals surface area contributed by atoms with Gasteiger partial charge in [-0.05, 0) is 18.2 Å². The zero-order valence-corrected chi connectivity index (χ0v) is 14.7. The molecule has 8 heteroatoms. The van der Waals surface area contributed by atoms with E-state index in [9.17, 15) is 13.6 Å². The van der Waals surface area contributed by atoms with Gasteiger partial charge in [0.1, 0.15) is 17.5 Å². The molecule has 1 aliphatic heterocycles. The molecular weight excluding hydrogens is 354 g/mol. The van der Waals surface area contributed by atoms with E-state index in [4.69, 9.17) is 4.74 Å². The van der Waals surface area contributed by atoms with Crippen LogP contribution < -0.4 is 5.32 Å². The van der Waals surface area contributed by atoms with E-state index in [-0.39, 0.29) is 11.6 Å². The number of ether oxygens (including phenoxy) is 1. The molecule has 0 saturated carbocycles. The second kappa shape index (κ2) is 6.96. The number of pyridine rings is 1. The molecule has 0 atom stereocenters. The van der Waals surface area contributed by atoms with Crippen molar-refractivity contribution < 1.29 is 18.3 Å². The van der Waals surface area contributed by atoms with Gasteiger partial charge in [-0.1, -0.05) is 0 Å². The maximum Gasteiger partial charge on any atom is 0.257 e. The number of aromatic nitrogens is 2. The Morgan fingerprint density at radius 1 is 1.19 bits per heavy atom. The molecule has 3 heterocycles. The molecule has 140 valence electrons. The van der Waals surface area contributed by atoms with Crippen LogP contribution in [-0.4, -0.2) is 46.7 Å². The minimum Gasteiger partial charge on any atom is -0.378 e. The molecule has 3 aromatic rings. The quantitative estimate of drug-likeness (QED) is 0.768. The largest absolute Gasteiger partial charge is 0.378 e. The first-order valence-corrected chi connectivity index (χ1v) is 8.57. The summed E-state index contributed by atoms with van der Waals surface area (Å²) in [4.78, 5) is 19.0. The van der Waals surface area contributed by atoms with Crippen LogP contribution in [0.2, 0.25) is 0 Å². The molecule has 4 rings (SSSR count). The first-order valence-electron chi connectivity index (χ1n) is 8.57. The van der Waals surface area contributed by atoms with E-state index in [1.807, 2.05) is 23.9 Å². The molecule has 0 radical (unpaired) electrons. The molecule has 1 amide bonds. The van der Waals surface area contributed by atoms with Crippen molar-refractivity contribution in [3.8, 4) is 0 Å². The van der Waals surface area contributed by atoms with Gasteiger partial charge in [-0.25, -0.2) is 13.8 Å². The predicted octanol–water partition coefficient (Wildman–Crippen LogP) is 3.07. The van der Waals surface area contributed by atoms with E-state index in [0.717, 1.165) is 6.07 Å². The fourth-order valence-electron chi connectivity index (χ4n) is 3.27. The van der Waals surface area contributed by atoms with Crippen molar-refractivity contribution in [3.05, 3.63) is 53.9 Å². The first-order chi connectivity index (χ1) is 13.0. The van der Waals surface area contributed by atoms with E-state index in [1.165, 1.54) is 18.3 Å². The number of halogens is 2. The summed E-state index contributed by atoms with van der Waals surface area (Å²) < 4.78 is 34.1. The summed E-state index contributed by atoms with van der Waals surface area (Å²) >= 11 is 0. The summed E-state index contributed by atoms with van der Waals surface area (Å²) in [5, 5.41) is 3.63. The van der Waals surface area contributed by atoms with Gasteiger partial charge in [0.15, 0.2) is 0 Å². The number of carbonyl (C=O) groups is 1. The van der Waals surface area contributed by atoms with Crippen LogP contribution >= 0.6 is 0 Å². The zero-order valence-electron chi connectivity index (χ0n) is 14.7. The van der Waals surface area contributed by atoms with Crippen molar-refractivity contribution in [1.82, 2.24) is 14.5 Å². The van der Waals surface area contributed by atoms with Gasteiger partial charge in [-0.3, -0.25) is 4.79 Å². The Labute approximate surface area is 154 Å². The predicted molar refractivity (Wildman–Crippen MR) is 97.1 cm³/mol. The van der Waals surface area contributed by atoms with Gasteiger partial charge >= 0.3 is 0 Å². The van der Waals surface area contributed by atoms with Crippen LogP contribution in [0.4, 0.5) is 20.3 Å². The highest BCUT2D eigenvalue weighted by Gasteiger charge is 2.23. The third-order valence-corrected chi connectivity index (χ3v) is 4.56. The Morgan fingerprint density at radius 3 is 2.59 bits per heavy atom. The minimum atomic E-state index is -0.680. The number of rotatable bonds is 3. The number of amides is 1. The molecule has 1 saturated heterocycles. The van der Waals surface area contributed by atoms with Gasteiger partial charge in [-0.15, -0.1) is 0 Å². The summed E-state index contributed by atoms with van der Waals surface area (Å²) in [5.41, 5.74) is 1.44. The number of carbonyl (C=O) groups excluding carboxylic acids is 1. The van der Waals surface area contributed by atoms with E-state index in [2.05, 4.69) is 10.3 Å². The number of benzene rings is 1. The number of nitrogens with one attached hydrogen (secondary N) is 1. The summed E-state index contributed by atoms with van der Waals surface area (Å²) in [7, 11) is 1.84. The fourth-order valence-corrected chi connectivity index (χ4v) is 3.27. The number of anilines is 2. The van der Waals surface area contributed by atoms with Crippen LogP contribution in [0.5, 0.6) is 0 Å². The maximum absolute atomic E-state index is 13.5. The number of morpholine rings is 1. The Morgan fingerprint density at radius 2 is 1.89 bits per heavy atom. The first kappa shape index (κ1) is 17.4. The summed E-state index contributed by atoms with van der Waals surface area (Å²) in [5.74, 6) is -1.04. The van der Waals surface area contributed by atoms with Crippen molar-refractivity contribution >= 4 is 28.3 Å². The molecule has 1 aliphatic rings. The SMILES string of the molecule is Cn1ccc2c(Nc3cc(F)cc(F)c3)ncc(C(=O)N3CCOCC3)c21. The molecule has 2 aromatic heterocycles. The Balaban J connectivity index is 1.73. The third-order valence-electron chi connectivity index (χ3n) is 4.56. The minimum absolute atomic E-state index is 0.110. The molecule has 27 heavy (non-hydrogen) atoms. The smallest absolute Gasteiger partial charge is 0.257 e. The van der Waals surface area contributed by atoms with E-state index in [0.29, 0.717) is 48.6 Å². The number of aryl methyl sites for hydroxylation is 1. The molecule has 1 fully saturated rings. The molecule has 1 aromatic carbocycles. The number of fused-ring (bicyclic) bond motifs is 1. The Hall–Kier alpha value is -3.00. The van der Waals surface area contributed by atoms with Gasteiger partial charge in [0.2, 0.25) is 0 Å². The highest BCUT2D eigenvalue weighted by atomic mass is 19.1. The summed E-state index contributed by atoms with van der Waals surface area (Å²) in [6.07, 6.45) is 3.32. The van der Waals surface area contributed by atoms with Gasteiger partial charge in [-0.2, -0.15) is 0 Å². The van der Waals surface area contributed by atoms with Crippen molar-refractivity contribution in [2.24, 2.45) is 7.05 Å². The topological polar surface area (TPSA) is 59.4 Å². The second-order valence-electron chi connectivity index (χ2n) is 6.40. The third kappa shape index (κ3) is 3.35. The lowest BCUT2D eigenvalue weighted by Gasteiger charge is -2.27. The van der Waals surface area contributed by atoms with Crippen LogP contribution in [0.25, 0.3) is 10.9 Å². The fraction of sp³-hybridized carbons (Fsp3) is 0.263. The molecule has 0 spiro atoms. The van der Waals surface area contributed by atoms with E-state index in [1.54, 1.807) is 4.90 Å². The molecule has 0 bridgehead atoms. The monoisotopic (exact) mass is 372 g/mol. The number of hydrogen-bond donors (Lipinski definition) is 1. The van der Waals surface area contributed by atoms with Gasteiger partial charge in [0.05, 0.1) is 24.3 Å². The van der Waals surface area contributed by atoms with Crippen LogP contribution in [0.3, 0.4) is 0 Å². The van der Waals surface area contributed by atoms with Crippen molar-refractivity contribution in [2.75, 3.05) is 31.6 Å². The Bertz CT molecular complexity index is 992. The highest BCUT2D eigenvalue weighted by Crippen LogP contribution is 2.29. The second-order valence-corrected chi connectivity index (χ2v) is 6.40. The molecular formula is C19H18F2N4O2. The number of nitrogens with zero attached hydrogens (tertiary/aromatic N) is 3. The van der Waals surface area contributed by atoms with Crippen LogP contribution in [0.1, 0.15) is 10.4 Å². The lowest BCUT2D eigenvalue weighted by Crippen LogP contribution is -2.40. The molecule has 0 unspecified atom stereocenters. The van der Waals surface area contributed by atoms with Crippen molar-refractivity contribution in [3.63, 3.8) is 0 Å². The lowest BCUT2D eigenvalue weighted by atomic mass is 10.1. The maximum atomic E-state index is 13.5. The summed E-state index contributed by atoms with van der Waals surface area (Å²) in [6.45, 7) is 2.10. The average molecular weight is 372 g/mol. The summed E-state index contributed by atoms with van der Waals surface area (Å²) in [6, 6.07) is 5.00. The average Bonchev–Trinajstić information content (AvgIpc) is 3.04. The molecule has 1 N–H and O–H groups in total. The molecule has 6 nitrogen and oxygen atoms in total. The molecule has 0 aliphatic carbocycles. The van der Waals surface area contributed by atoms with Crippen molar-refractivity contribution in [1.29, 1.82) is 0 Å². The van der Waals surface area contributed by atoms with Crippen LogP contribution in [0, 0.1) is 11.6 Å². The normalized spacial score (nSPS) is 14.6. The van der Waals surface area contributed by atoms with Crippen LogP contribution in [0.15, 0.2) is 36.7 Å². The van der Waals surface area contributed by atoms with Gasteiger partial charge < -0.3 is 19.5 Å².